The Labute approximate surface area is 96.2 Å². The maximum atomic E-state index is 4.37. The van der Waals surface area contributed by atoms with E-state index in [0.29, 0.717) is 5.95 Å². The number of rotatable bonds is 3. The molecule has 0 saturated carbocycles. The van der Waals surface area contributed by atoms with Crippen LogP contribution in [0.5, 0.6) is 0 Å². The summed E-state index contributed by atoms with van der Waals surface area (Å²) in [4.78, 5) is 12.7. The summed E-state index contributed by atoms with van der Waals surface area (Å²) in [5, 5.41) is 5.83. The molecule has 0 aliphatic rings. The van der Waals surface area contributed by atoms with E-state index in [-0.39, 0.29) is 0 Å². The van der Waals surface area contributed by atoms with Crippen molar-refractivity contribution >= 4 is 29.0 Å². The lowest BCUT2D eigenvalue weighted by Crippen LogP contribution is -1.98. The molecule has 0 bridgehead atoms. The van der Waals surface area contributed by atoms with Crippen LogP contribution in [-0.4, -0.2) is 22.0 Å². The molecule has 2 aromatic rings. The van der Waals surface area contributed by atoms with Gasteiger partial charge in [-0.3, -0.25) is 0 Å². The van der Waals surface area contributed by atoms with Crippen molar-refractivity contribution in [1.29, 1.82) is 0 Å². The number of thiazole rings is 1. The molecule has 0 radical (unpaired) electrons. The average Bonchev–Trinajstić information content (AvgIpc) is 2.74. The molecule has 15 heavy (non-hydrogen) atoms. The molecule has 6 heteroatoms. The molecule has 0 saturated heterocycles. The lowest BCUT2D eigenvalue weighted by atomic mass is 10.4. The van der Waals surface area contributed by atoms with Gasteiger partial charge in [-0.25, -0.2) is 15.0 Å². The molecule has 0 spiro atoms. The van der Waals surface area contributed by atoms with Gasteiger partial charge in [0, 0.05) is 30.4 Å². The van der Waals surface area contributed by atoms with Gasteiger partial charge in [0.25, 0.3) is 0 Å². The Bertz CT molecular complexity index is 441. The summed E-state index contributed by atoms with van der Waals surface area (Å²) < 4.78 is 0.999. The summed E-state index contributed by atoms with van der Waals surface area (Å²) in [6.45, 7) is 2.00. The minimum absolute atomic E-state index is 0.639. The molecular weight excluding hydrogens is 228 g/mol. The van der Waals surface area contributed by atoms with E-state index in [9.17, 15) is 0 Å². The van der Waals surface area contributed by atoms with Crippen LogP contribution in [0.2, 0.25) is 0 Å². The van der Waals surface area contributed by atoms with Crippen molar-refractivity contribution in [2.24, 2.45) is 0 Å². The van der Waals surface area contributed by atoms with Crippen molar-refractivity contribution in [2.75, 3.05) is 12.4 Å². The van der Waals surface area contributed by atoms with E-state index in [1.165, 1.54) is 0 Å². The Kier molecular flexibility index (Phi) is 3.17. The van der Waals surface area contributed by atoms with Crippen LogP contribution in [0.3, 0.4) is 0 Å². The highest BCUT2D eigenvalue weighted by atomic mass is 32.2. The molecule has 0 aromatic carbocycles. The highest BCUT2D eigenvalue weighted by Gasteiger charge is 2.06. The Hall–Kier alpha value is -1.14. The van der Waals surface area contributed by atoms with Crippen molar-refractivity contribution in [1.82, 2.24) is 15.0 Å². The van der Waals surface area contributed by atoms with Gasteiger partial charge in [-0.2, -0.15) is 0 Å². The van der Waals surface area contributed by atoms with Crippen LogP contribution in [-0.2, 0) is 0 Å². The SMILES string of the molecule is CNc1ncc(C)c(Sc2nccs2)n1. The van der Waals surface area contributed by atoms with E-state index >= 15 is 0 Å². The summed E-state index contributed by atoms with van der Waals surface area (Å²) in [5.74, 6) is 0.639. The molecule has 2 aromatic heterocycles. The number of hydrogen-bond acceptors (Lipinski definition) is 6. The molecule has 2 rings (SSSR count). The van der Waals surface area contributed by atoms with Gasteiger partial charge >= 0.3 is 0 Å². The highest BCUT2D eigenvalue weighted by molar-refractivity contribution is 8.01. The van der Waals surface area contributed by atoms with Gasteiger partial charge in [-0.05, 0) is 18.7 Å². The smallest absolute Gasteiger partial charge is 0.223 e. The number of nitrogens with one attached hydrogen (secondary N) is 1. The van der Waals surface area contributed by atoms with Crippen LogP contribution in [0.4, 0.5) is 5.95 Å². The van der Waals surface area contributed by atoms with Gasteiger partial charge in [0.1, 0.15) is 5.03 Å². The van der Waals surface area contributed by atoms with Crippen LogP contribution in [0.25, 0.3) is 0 Å². The summed E-state index contributed by atoms with van der Waals surface area (Å²) in [7, 11) is 1.81. The lowest BCUT2D eigenvalue weighted by molar-refractivity contribution is 1.00. The Morgan fingerprint density at radius 2 is 2.27 bits per heavy atom. The summed E-state index contributed by atoms with van der Waals surface area (Å²) in [6.07, 6.45) is 3.61. The minimum Gasteiger partial charge on any atom is -0.357 e. The lowest BCUT2D eigenvalue weighted by Gasteiger charge is -2.03. The zero-order valence-electron chi connectivity index (χ0n) is 8.39. The van der Waals surface area contributed by atoms with Crippen LogP contribution in [0.1, 0.15) is 5.56 Å². The van der Waals surface area contributed by atoms with Crippen molar-refractivity contribution in [3.63, 3.8) is 0 Å². The second-order valence-electron chi connectivity index (χ2n) is 2.83. The zero-order chi connectivity index (χ0) is 10.7. The standard InChI is InChI=1S/C9H10N4S2/c1-6-5-12-8(10-2)13-7(6)15-9-11-3-4-14-9/h3-5H,1-2H3,(H,10,12,13). The topological polar surface area (TPSA) is 50.7 Å². The predicted octanol–water partition coefficient (Wildman–Crippen LogP) is 2.43. The maximum Gasteiger partial charge on any atom is 0.223 e. The van der Waals surface area contributed by atoms with E-state index in [1.54, 1.807) is 29.3 Å². The molecule has 0 aliphatic carbocycles. The highest BCUT2D eigenvalue weighted by Crippen LogP contribution is 2.29. The quantitative estimate of drug-likeness (QED) is 0.832. The first-order valence-corrected chi connectivity index (χ1v) is 6.08. The van der Waals surface area contributed by atoms with Crippen LogP contribution >= 0.6 is 23.1 Å². The fourth-order valence-electron chi connectivity index (χ4n) is 0.994. The fourth-order valence-corrected chi connectivity index (χ4v) is 2.57. The molecule has 0 atom stereocenters. The van der Waals surface area contributed by atoms with Crippen molar-refractivity contribution < 1.29 is 0 Å². The third-order valence-corrected chi connectivity index (χ3v) is 3.73. The molecular formula is C9H10N4S2. The van der Waals surface area contributed by atoms with Crippen LogP contribution in [0.15, 0.2) is 27.1 Å². The Balaban J connectivity index is 2.27. The number of nitrogens with zero attached hydrogens (tertiary/aromatic N) is 3. The largest absolute Gasteiger partial charge is 0.357 e. The van der Waals surface area contributed by atoms with Crippen LogP contribution in [0, 0.1) is 6.92 Å². The van der Waals surface area contributed by atoms with Crippen LogP contribution < -0.4 is 5.32 Å². The van der Waals surface area contributed by atoms with Crippen molar-refractivity contribution in [3.05, 3.63) is 23.3 Å². The normalized spacial score (nSPS) is 10.3. The van der Waals surface area contributed by atoms with E-state index < -0.39 is 0 Å². The average molecular weight is 238 g/mol. The van der Waals surface area contributed by atoms with Gasteiger partial charge in [0.15, 0.2) is 4.34 Å². The number of aromatic nitrogens is 3. The number of aryl methyl sites for hydroxylation is 1. The van der Waals surface area contributed by atoms with E-state index in [0.717, 1.165) is 14.9 Å². The predicted molar refractivity (Wildman–Crippen MR) is 62.6 cm³/mol. The molecule has 0 unspecified atom stereocenters. The Morgan fingerprint density at radius 1 is 1.40 bits per heavy atom. The Morgan fingerprint density at radius 3 is 2.93 bits per heavy atom. The second-order valence-corrected chi connectivity index (χ2v) is 4.96. The molecule has 0 aliphatic heterocycles. The van der Waals surface area contributed by atoms with E-state index in [1.807, 2.05) is 25.5 Å². The number of anilines is 1. The minimum atomic E-state index is 0.639. The number of hydrogen-bond donors (Lipinski definition) is 1. The van der Waals surface area contributed by atoms with Gasteiger partial charge in [-0.1, -0.05) is 0 Å². The summed E-state index contributed by atoms with van der Waals surface area (Å²) in [6, 6.07) is 0. The summed E-state index contributed by atoms with van der Waals surface area (Å²) in [5.41, 5.74) is 1.06. The third-order valence-electron chi connectivity index (χ3n) is 1.74. The second kappa shape index (κ2) is 4.59. The van der Waals surface area contributed by atoms with Crippen molar-refractivity contribution in [2.45, 2.75) is 16.3 Å². The molecule has 0 fully saturated rings. The molecule has 78 valence electrons. The first-order valence-electron chi connectivity index (χ1n) is 4.38. The molecule has 1 N–H and O–H groups in total. The zero-order valence-corrected chi connectivity index (χ0v) is 10.0. The maximum absolute atomic E-state index is 4.37. The van der Waals surface area contributed by atoms with Crippen molar-refractivity contribution in [3.8, 4) is 0 Å². The van der Waals surface area contributed by atoms with Gasteiger partial charge in [0.05, 0.1) is 0 Å². The first kappa shape index (κ1) is 10.4. The van der Waals surface area contributed by atoms with Gasteiger partial charge < -0.3 is 5.32 Å². The van der Waals surface area contributed by atoms with Gasteiger partial charge in [0.2, 0.25) is 5.95 Å². The molecule has 4 nitrogen and oxygen atoms in total. The van der Waals surface area contributed by atoms with E-state index in [2.05, 4.69) is 20.3 Å². The monoisotopic (exact) mass is 238 g/mol. The van der Waals surface area contributed by atoms with Gasteiger partial charge in [-0.15, -0.1) is 11.3 Å². The molecule has 2 heterocycles. The molecule has 0 amide bonds. The van der Waals surface area contributed by atoms with E-state index in [4.69, 9.17) is 0 Å². The summed E-state index contributed by atoms with van der Waals surface area (Å²) >= 11 is 3.18. The third kappa shape index (κ3) is 2.45. The fraction of sp³-hybridized carbons (Fsp3) is 0.222. The first-order chi connectivity index (χ1) is 7.29.